The molecular formula is C7H8BrClN2O3S. The molecule has 0 aliphatic heterocycles. The Kier molecular flexibility index (Phi) is 3.96. The number of benzene rings is 1. The normalized spacial score (nSPS) is 11.5. The van der Waals surface area contributed by atoms with Crippen molar-refractivity contribution in [2.75, 3.05) is 7.11 Å². The van der Waals surface area contributed by atoms with E-state index in [1.807, 2.05) is 0 Å². The fraction of sp³-hybridized carbons (Fsp3) is 0.143. The summed E-state index contributed by atoms with van der Waals surface area (Å²) in [6.45, 7) is 0. The van der Waals surface area contributed by atoms with Crippen LogP contribution in [-0.2, 0) is 10.0 Å². The van der Waals surface area contributed by atoms with E-state index in [0.29, 0.717) is 4.47 Å². The van der Waals surface area contributed by atoms with Crippen molar-refractivity contribution in [2.24, 2.45) is 5.84 Å². The Morgan fingerprint density at radius 2 is 2.13 bits per heavy atom. The van der Waals surface area contributed by atoms with E-state index < -0.39 is 10.0 Å². The highest BCUT2D eigenvalue weighted by atomic mass is 79.9. The highest BCUT2D eigenvalue weighted by Crippen LogP contribution is 2.34. The first-order chi connectivity index (χ1) is 6.92. The fourth-order valence-corrected chi connectivity index (χ4v) is 3.01. The highest BCUT2D eigenvalue weighted by molar-refractivity contribution is 9.10. The molecule has 0 fully saturated rings. The van der Waals surface area contributed by atoms with Crippen LogP contribution in [0.15, 0.2) is 21.5 Å². The molecule has 15 heavy (non-hydrogen) atoms. The van der Waals surface area contributed by atoms with Gasteiger partial charge in [-0.3, -0.25) is 5.84 Å². The van der Waals surface area contributed by atoms with Crippen LogP contribution in [-0.4, -0.2) is 15.5 Å². The first kappa shape index (κ1) is 12.7. The maximum atomic E-state index is 11.5. The molecule has 0 unspecified atom stereocenters. The predicted molar refractivity (Wildman–Crippen MR) is 60.2 cm³/mol. The van der Waals surface area contributed by atoms with Crippen LogP contribution < -0.4 is 15.4 Å². The average Bonchev–Trinajstić information content (AvgIpc) is 2.16. The number of sulfonamides is 1. The number of rotatable bonds is 3. The van der Waals surface area contributed by atoms with Gasteiger partial charge in [0, 0.05) is 5.02 Å². The molecule has 0 aliphatic rings. The zero-order chi connectivity index (χ0) is 11.6. The van der Waals surface area contributed by atoms with Gasteiger partial charge < -0.3 is 4.74 Å². The molecule has 0 spiro atoms. The molecular weight excluding hydrogens is 308 g/mol. The summed E-state index contributed by atoms with van der Waals surface area (Å²) in [7, 11) is -2.45. The standard InChI is InChI=1S/C7H8BrClN2O3S/c1-14-7-5(8)2-4(9)3-6(7)15(12,13)11-10/h2-3,11H,10H2,1H3. The fourth-order valence-electron chi connectivity index (χ4n) is 0.998. The van der Waals surface area contributed by atoms with Crippen LogP contribution in [0.3, 0.4) is 0 Å². The monoisotopic (exact) mass is 314 g/mol. The summed E-state index contributed by atoms with van der Waals surface area (Å²) in [5, 5.41) is 0.261. The van der Waals surface area contributed by atoms with Gasteiger partial charge in [0.15, 0.2) is 5.75 Å². The van der Waals surface area contributed by atoms with Crippen molar-refractivity contribution < 1.29 is 13.2 Å². The molecule has 0 atom stereocenters. The molecule has 0 aromatic heterocycles. The summed E-state index contributed by atoms with van der Waals surface area (Å²) >= 11 is 8.86. The second-order valence-corrected chi connectivity index (χ2v) is 5.51. The van der Waals surface area contributed by atoms with Crippen LogP contribution >= 0.6 is 27.5 Å². The maximum Gasteiger partial charge on any atom is 0.256 e. The molecule has 0 bridgehead atoms. The van der Waals surface area contributed by atoms with E-state index in [9.17, 15) is 8.42 Å². The Morgan fingerprint density at radius 3 is 2.60 bits per heavy atom. The van der Waals surface area contributed by atoms with Crippen molar-refractivity contribution in [1.29, 1.82) is 0 Å². The Morgan fingerprint density at radius 1 is 1.53 bits per heavy atom. The minimum absolute atomic E-state index is 0.119. The molecule has 1 aromatic rings. The average molecular weight is 316 g/mol. The smallest absolute Gasteiger partial charge is 0.256 e. The minimum atomic E-state index is -3.80. The number of halogens is 2. The van der Waals surface area contributed by atoms with Crippen LogP contribution in [0.1, 0.15) is 0 Å². The SMILES string of the molecule is COc1c(Br)cc(Cl)cc1S(=O)(=O)NN. The Labute approximate surface area is 101 Å². The molecule has 1 rings (SSSR count). The van der Waals surface area contributed by atoms with Gasteiger partial charge in [-0.15, -0.1) is 4.83 Å². The second-order valence-electron chi connectivity index (χ2n) is 2.54. The molecule has 0 saturated heterocycles. The van der Waals surface area contributed by atoms with Crippen LogP contribution in [0.25, 0.3) is 0 Å². The maximum absolute atomic E-state index is 11.5. The molecule has 0 heterocycles. The summed E-state index contributed by atoms with van der Waals surface area (Å²) in [6, 6.07) is 2.77. The van der Waals surface area contributed by atoms with E-state index in [4.69, 9.17) is 22.2 Å². The Bertz CT molecular complexity index is 477. The third kappa shape index (κ3) is 2.61. The van der Waals surface area contributed by atoms with Crippen molar-refractivity contribution in [3.05, 3.63) is 21.6 Å². The molecule has 0 amide bonds. The van der Waals surface area contributed by atoms with Gasteiger partial charge in [-0.2, -0.15) is 0 Å². The Balaban J connectivity index is 3.53. The van der Waals surface area contributed by atoms with Crippen LogP contribution in [0.4, 0.5) is 0 Å². The number of methoxy groups -OCH3 is 1. The van der Waals surface area contributed by atoms with Gasteiger partial charge in [-0.25, -0.2) is 8.42 Å². The summed E-state index contributed by atoms with van der Waals surface area (Å²) in [5.41, 5.74) is 0. The van der Waals surface area contributed by atoms with Gasteiger partial charge >= 0.3 is 0 Å². The largest absolute Gasteiger partial charge is 0.494 e. The first-order valence-electron chi connectivity index (χ1n) is 3.68. The lowest BCUT2D eigenvalue weighted by atomic mass is 10.3. The van der Waals surface area contributed by atoms with Gasteiger partial charge in [0.25, 0.3) is 10.0 Å². The third-order valence-corrected chi connectivity index (χ3v) is 3.62. The summed E-state index contributed by atoms with van der Waals surface area (Å²) in [4.78, 5) is 1.58. The van der Waals surface area contributed by atoms with Crippen molar-refractivity contribution in [2.45, 2.75) is 4.90 Å². The van der Waals surface area contributed by atoms with Gasteiger partial charge in [0.1, 0.15) is 4.90 Å². The number of hydrogen-bond donors (Lipinski definition) is 2. The van der Waals surface area contributed by atoms with E-state index in [2.05, 4.69) is 15.9 Å². The van der Waals surface area contributed by atoms with E-state index in [0.717, 1.165) is 0 Å². The lowest BCUT2D eigenvalue weighted by Gasteiger charge is -2.10. The van der Waals surface area contributed by atoms with E-state index >= 15 is 0 Å². The zero-order valence-electron chi connectivity index (χ0n) is 7.62. The summed E-state index contributed by atoms with van der Waals surface area (Å²) in [5.74, 6) is 5.06. The number of nitrogens with two attached hydrogens (primary N) is 1. The van der Waals surface area contributed by atoms with Crippen molar-refractivity contribution in [3.63, 3.8) is 0 Å². The lowest BCUT2D eigenvalue weighted by Crippen LogP contribution is -2.30. The van der Waals surface area contributed by atoms with Crippen molar-refractivity contribution >= 4 is 37.6 Å². The minimum Gasteiger partial charge on any atom is -0.494 e. The molecule has 5 nitrogen and oxygen atoms in total. The second kappa shape index (κ2) is 4.67. The number of ether oxygens (including phenoxy) is 1. The molecule has 1 aromatic carbocycles. The van der Waals surface area contributed by atoms with E-state index in [-0.39, 0.29) is 15.7 Å². The molecule has 8 heteroatoms. The summed E-state index contributed by atoms with van der Waals surface area (Å²) in [6.07, 6.45) is 0. The Hall–Kier alpha value is -0.340. The molecule has 0 radical (unpaired) electrons. The molecule has 84 valence electrons. The van der Waals surface area contributed by atoms with E-state index in [1.165, 1.54) is 19.2 Å². The van der Waals surface area contributed by atoms with Crippen molar-refractivity contribution in [3.8, 4) is 5.75 Å². The number of hydrazine groups is 1. The van der Waals surface area contributed by atoms with Gasteiger partial charge in [-0.1, -0.05) is 11.6 Å². The zero-order valence-corrected chi connectivity index (χ0v) is 10.8. The van der Waals surface area contributed by atoms with Crippen LogP contribution in [0.5, 0.6) is 5.75 Å². The molecule has 3 N–H and O–H groups in total. The topological polar surface area (TPSA) is 81.4 Å². The number of nitrogens with one attached hydrogen (secondary N) is 1. The van der Waals surface area contributed by atoms with Crippen LogP contribution in [0.2, 0.25) is 5.02 Å². The third-order valence-electron chi connectivity index (χ3n) is 1.62. The predicted octanol–water partition coefficient (Wildman–Crippen LogP) is 1.26. The molecule has 0 saturated carbocycles. The quantitative estimate of drug-likeness (QED) is 0.650. The lowest BCUT2D eigenvalue weighted by molar-refractivity contribution is 0.399. The van der Waals surface area contributed by atoms with Gasteiger partial charge in [-0.05, 0) is 28.1 Å². The highest BCUT2D eigenvalue weighted by Gasteiger charge is 2.21. The summed E-state index contributed by atoms with van der Waals surface area (Å²) < 4.78 is 28.4. The van der Waals surface area contributed by atoms with Gasteiger partial charge in [0.05, 0.1) is 11.6 Å². The number of hydrogen-bond acceptors (Lipinski definition) is 4. The van der Waals surface area contributed by atoms with E-state index in [1.54, 1.807) is 4.83 Å². The molecule has 0 aliphatic carbocycles. The van der Waals surface area contributed by atoms with Crippen LogP contribution in [0, 0.1) is 0 Å². The van der Waals surface area contributed by atoms with Gasteiger partial charge in [0.2, 0.25) is 0 Å². The first-order valence-corrected chi connectivity index (χ1v) is 6.33. The van der Waals surface area contributed by atoms with Crippen molar-refractivity contribution in [1.82, 2.24) is 4.83 Å².